The third-order valence-electron chi connectivity index (χ3n) is 4.37. The molecule has 0 N–H and O–H groups in total. The molecule has 0 saturated carbocycles. The van der Waals surface area contributed by atoms with E-state index in [2.05, 4.69) is 0 Å². The molecule has 0 bridgehead atoms. The third-order valence-corrected chi connectivity index (χ3v) is 12.6. The molecular weight excluding hydrogens is 515 g/mol. The number of likely N-dealkylation sites (tertiary alicyclic amines) is 1. The van der Waals surface area contributed by atoms with E-state index in [0.29, 0.717) is 0 Å². The molecule has 5 nitrogen and oxygen atoms in total. The maximum atomic E-state index is 13.3. The molecular formula is C18H22AsF6NO4S. The van der Waals surface area contributed by atoms with Crippen LogP contribution >= 0.6 is 0 Å². The minimum atomic E-state index is -5.11. The molecule has 1 aliphatic heterocycles. The third kappa shape index (κ3) is 7.03. The molecule has 31 heavy (non-hydrogen) atoms. The van der Waals surface area contributed by atoms with Crippen LogP contribution in [0.25, 0.3) is 0 Å². The van der Waals surface area contributed by atoms with Crippen LogP contribution in [-0.4, -0.2) is 52.7 Å². The van der Waals surface area contributed by atoms with Gasteiger partial charge in [-0.3, -0.25) is 0 Å². The normalized spacial score (nSPS) is 17.4. The van der Waals surface area contributed by atoms with Gasteiger partial charge in [-0.2, -0.15) is 0 Å². The van der Waals surface area contributed by atoms with Gasteiger partial charge < -0.3 is 0 Å². The Morgan fingerprint density at radius 1 is 1.03 bits per heavy atom. The fraction of sp³-hybridized carbons (Fsp3) is 0.611. The van der Waals surface area contributed by atoms with Gasteiger partial charge >= 0.3 is 182 Å². The molecule has 1 amide bonds. The molecule has 0 radical (unpaired) electrons. The zero-order valence-corrected chi connectivity index (χ0v) is 19.8. The average Bonchev–Trinajstić information content (AvgIpc) is 2.58. The van der Waals surface area contributed by atoms with Gasteiger partial charge in [0, 0.05) is 0 Å². The van der Waals surface area contributed by atoms with Gasteiger partial charge in [0.15, 0.2) is 0 Å². The van der Waals surface area contributed by atoms with Gasteiger partial charge in [-0.05, 0) is 0 Å². The Hall–Kier alpha value is -1.42. The van der Waals surface area contributed by atoms with Crippen molar-refractivity contribution in [2.24, 2.45) is 0 Å². The standard InChI is InChI=1S/C18H22AsF6NO4S/c1-16(2,3)30-15(27)26-8-6-12(7-9-26)19-31(28,29)14-10-11(17(20,21)22)4-5-13(14)18(23,24)25/h4-5,10,12,19H,6-9H2,1-3H3. The second-order valence-corrected chi connectivity index (χ2v) is 16.3. The molecule has 1 fully saturated rings. The van der Waals surface area contributed by atoms with Crippen molar-refractivity contribution in [2.75, 3.05) is 13.1 Å². The van der Waals surface area contributed by atoms with E-state index in [1.54, 1.807) is 20.8 Å². The first-order valence-corrected chi connectivity index (χ1v) is 14.5. The van der Waals surface area contributed by atoms with Crippen LogP contribution in [0.15, 0.2) is 23.1 Å². The summed E-state index contributed by atoms with van der Waals surface area (Å²) in [6.07, 6.45) is -10.2. The van der Waals surface area contributed by atoms with E-state index in [1.165, 1.54) is 4.90 Å². The zero-order valence-electron chi connectivity index (χ0n) is 16.9. The minimum absolute atomic E-state index is 0.0669. The molecule has 1 aromatic rings. The predicted octanol–water partition coefficient (Wildman–Crippen LogP) is 4.67. The van der Waals surface area contributed by atoms with Gasteiger partial charge in [0.05, 0.1) is 0 Å². The number of nitrogens with zero attached hydrogens (tertiary/aromatic N) is 1. The van der Waals surface area contributed by atoms with Crippen molar-refractivity contribution >= 4 is 28.8 Å². The molecule has 1 unspecified atom stereocenters. The maximum absolute atomic E-state index is 13.3. The number of rotatable bonds is 3. The van der Waals surface area contributed by atoms with E-state index < -0.39 is 67.5 Å². The average molecular weight is 537 g/mol. The van der Waals surface area contributed by atoms with E-state index in [4.69, 9.17) is 4.74 Å². The number of ether oxygens (including phenoxy) is 1. The number of benzene rings is 1. The quantitative estimate of drug-likeness (QED) is 0.416. The summed E-state index contributed by atoms with van der Waals surface area (Å²) < 4.78 is 109. The van der Waals surface area contributed by atoms with E-state index in [9.17, 15) is 39.6 Å². The summed E-state index contributed by atoms with van der Waals surface area (Å²) in [7, 11) is -4.55. The molecule has 0 aromatic heterocycles. The van der Waals surface area contributed by atoms with Crippen LogP contribution in [0.1, 0.15) is 44.7 Å². The zero-order chi connectivity index (χ0) is 23.8. The number of halogens is 6. The summed E-state index contributed by atoms with van der Waals surface area (Å²) >= 11 is -2.14. The molecule has 1 heterocycles. The first-order chi connectivity index (χ1) is 13.9. The van der Waals surface area contributed by atoms with Gasteiger partial charge in [0.2, 0.25) is 0 Å². The second-order valence-electron chi connectivity index (χ2n) is 8.07. The van der Waals surface area contributed by atoms with Crippen molar-refractivity contribution in [3.05, 3.63) is 29.3 Å². The van der Waals surface area contributed by atoms with E-state index >= 15 is 0 Å². The summed E-state index contributed by atoms with van der Waals surface area (Å²) in [5, 5.41) is 0. The Labute approximate surface area is 181 Å². The van der Waals surface area contributed by atoms with Crippen LogP contribution in [0.2, 0.25) is 4.71 Å². The Bertz CT molecular complexity index is 916. The summed E-state index contributed by atoms with van der Waals surface area (Å²) in [6.45, 7) is 5.37. The van der Waals surface area contributed by atoms with Crippen molar-refractivity contribution in [3.8, 4) is 0 Å². The van der Waals surface area contributed by atoms with Crippen molar-refractivity contribution < 1.29 is 44.3 Å². The molecule has 2 rings (SSSR count). The van der Waals surface area contributed by atoms with Crippen molar-refractivity contribution in [1.29, 1.82) is 0 Å². The van der Waals surface area contributed by atoms with Crippen molar-refractivity contribution in [1.82, 2.24) is 4.90 Å². The number of alkyl halides is 6. The molecule has 0 spiro atoms. The van der Waals surface area contributed by atoms with Crippen LogP contribution in [0, 0.1) is 0 Å². The van der Waals surface area contributed by atoms with Crippen molar-refractivity contribution in [3.63, 3.8) is 0 Å². The first-order valence-electron chi connectivity index (χ1n) is 9.19. The molecule has 13 heteroatoms. The first kappa shape index (κ1) is 25.8. The van der Waals surface area contributed by atoms with E-state index in [1.807, 2.05) is 0 Å². The van der Waals surface area contributed by atoms with Crippen LogP contribution in [-0.2, 0) is 25.2 Å². The summed E-state index contributed by atoms with van der Waals surface area (Å²) in [4.78, 5) is 12.1. The second kappa shape index (κ2) is 8.84. The van der Waals surface area contributed by atoms with Crippen LogP contribution in [0.5, 0.6) is 0 Å². The fourth-order valence-electron chi connectivity index (χ4n) is 2.94. The molecule has 0 aliphatic carbocycles. The van der Waals surface area contributed by atoms with Gasteiger partial charge in [-0.25, -0.2) is 0 Å². The Morgan fingerprint density at radius 2 is 1.58 bits per heavy atom. The number of hydrogen-bond donors (Lipinski definition) is 0. The van der Waals surface area contributed by atoms with E-state index in [-0.39, 0.29) is 44.1 Å². The molecule has 1 aliphatic rings. The van der Waals surface area contributed by atoms with Gasteiger partial charge in [0.25, 0.3) is 0 Å². The molecule has 1 atom stereocenters. The SMILES string of the molecule is CC(C)(C)OC(=O)N1CCC([AsH]S(=O)(=O)c2cc(C(F)(F)F)ccc2C(F)(F)F)CC1. The van der Waals surface area contributed by atoms with Crippen molar-refractivity contribution in [2.45, 2.75) is 61.2 Å². The van der Waals surface area contributed by atoms with Crippen LogP contribution in [0.4, 0.5) is 31.1 Å². The predicted molar refractivity (Wildman–Crippen MR) is 102 cm³/mol. The van der Waals surface area contributed by atoms with Gasteiger partial charge in [-0.1, -0.05) is 0 Å². The van der Waals surface area contributed by atoms with Gasteiger partial charge in [0.1, 0.15) is 0 Å². The monoisotopic (exact) mass is 537 g/mol. The number of carbonyl (C=O) groups excluding carboxylic acids is 1. The van der Waals surface area contributed by atoms with E-state index in [0.717, 1.165) is 0 Å². The van der Waals surface area contributed by atoms with Crippen LogP contribution < -0.4 is 0 Å². The topological polar surface area (TPSA) is 63.7 Å². The Balaban J connectivity index is 2.21. The number of carbonyl (C=O) groups is 1. The molecule has 176 valence electrons. The van der Waals surface area contributed by atoms with Crippen LogP contribution in [0.3, 0.4) is 0 Å². The Morgan fingerprint density at radius 3 is 2.03 bits per heavy atom. The number of piperidine rings is 1. The summed E-state index contributed by atoms with van der Waals surface area (Å²) in [5.74, 6) is 0. The number of amides is 1. The summed E-state index contributed by atoms with van der Waals surface area (Å²) in [5.41, 5.74) is -3.77. The summed E-state index contributed by atoms with van der Waals surface area (Å²) in [6, 6.07) is 0.450. The molecule has 1 aromatic carbocycles. The number of hydrogen-bond acceptors (Lipinski definition) is 4. The van der Waals surface area contributed by atoms with Gasteiger partial charge in [-0.15, -0.1) is 0 Å². The fourth-order valence-corrected chi connectivity index (χ4v) is 11.2. The Kier molecular flexibility index (Phi) is 7.37. The molecule has 1 saturated heterocycles.